The molecule has 2 aromatic rings. The van der Waals surface area contributed by atoms with E-state index < -0.39 is 0 Å². The van der Waals surface area contributed by atoms with Crippen LogP contribution in [0.15, 0.2) is 42.9 Å². The Morgan fingerprint density at radius 2 is 2.00 bits per heavy atom. The maximum atomic E-state index is 11.6. The van der Waals surface area contributed by atoms with Crippen LogP contribution in [0.25, 0.3) is 0 Å². The Hall–Kier alpha value is -2.63. The maximum Gasteiger partial charge on any atom is 0.319 e. The highest BCUT2D eigenvalue weighted by atomic mass is 16.2. The molecule has 2 amide bonds. The molecule has 0 spiro atoms. The summed E-state index contributed by atoms with van der Waals surface area (Å²) in [6.45, 7) is 0.685. The Morgan fingerprint density at radius 1 is 1.19 bits per heavy atom. The first-order valence-electron chi connectivity index (χ1n) is 6.96. The summed E-state index contributed by atoms with van der Waals surface area (Å²) in [5.74, 6) is 0.764. The number of aromatic nitrogens is 2. The van der Waals surface area contributed by atoms with Gasteiger partial charge in [0.05, 0.1) is 11.9 Å². The van der Waals surface area contributed by atoms with Crippen molar-refractivity contribution in [2.24, 2.45) is 0 Å². The lowest BCUT2D eigenvalue weighted by atomic mass is 10.3. The molecule has 0 aliphatic heterocycles. The van der Waals surface area contributed by atoms with Gasteiger partial charge in [0.2, 0.25) is 0 Å². The molecule has 0 radical (unpaired) electrons. The van der Waals surface area contributed by atoms with Gasteiger partial charge in [-0.05, 0) is 42.7 Å². The SMILES string of the molecule is O=C(Nc1ccc(NCc2ccncc2)nc1)NC1CC1. The van der Waals surface area contributed by atoms with Crippen molar-refractivity contribution in [2.45, 2.75) is 25.4 Å². The maximum absolute atomic E-state index is 11.6. The largest absolute Gasteiger partial charge is 0.366 e. The number of nitrogens with zero attached hydrogens (tertiary/aromatic N) is 2. The van der Waals surface area contributed by atoms with E-state index in [2.05, 4.69) is 25.9 Å². The van der Waals surface area contributed by atoms with Crippen LogP contribution in [0.5, 0.6) is 0 Å². The molecule has 1 fully saturated rings. The van der Waals surface area contributed by atoms with Crippen LogP contribution in [-0.2, 0) is 6.54 Å². The molecular weight excluding hydrogens is 266 g/mol. The first-order chi connectivity index (χ1) is 10.3. The molecule has 108 valence electrons. The number of urea groups is 1. The second-order valence-electron chi connectivity index (χ2n) is 5.01. The summed E-state index contributed by atoms with van der Waals surface area (Å²) >= 11 is 0. The second-order valence-corrected chi connectivity index (χ2v) is 5.01. The number of carbonyl (C=O) groups is 1. The first-order valence-corrected chi connectivity index (χ1v) is 6.96. The molecule has 0 atom stereocenters. The Morgan fingerprint density at radius 3 is 2.67 bits per heavy atom. The van der Waals surface area contributed by atoms with Gasteiger partial charge in [-0.25, -0.2) is 9.78 Å². The Kier molecular flexibility index (Phi) is 3.95. The van der Waals surface area contributed by atoms with Gasteiger partial charge in [0.1, 0.15) is 5.82 Å². The summed E-state index contributed by atoms with van der Waals surface area (Å²) in [5.41, 5.74) is 1.82. The quantitative estimate of drug-likeness (QED) is 0.787. The molecule has 0 bridgehead atoms. The topological polar surface area (TPSA) is 78.9 Å². The monoisotopic (exact) mass is 283 g/mol. The molecule has 1 saturated carbocycles. The molecule has 1 aliphatic carbocycles. The summed E-state index contributed by atoms with van der Waals surface area (Å²) in [4.78, 5) is 19.8. The third kappa shape index (κ3) is 4.17. The van der Waals surface area contributed by atoms with E-state index in [1.807, 2.05) is 24.3 Å². The van der Waals surface area contributed by atoms with Crippen molar-refractivity contribution in [3.8, 4) is 0 Å². The van der Waals surface area contributed by atoms with E-state index in [0.29, 0.717) is 18.3 Å². The predicted octanol–water partition coefficient (Wildman–Crippen LogP) is 2.37. The van der Waals surface area contributed by atoms with E-state index in [1.54, 1.807) is 18.6 Å². The Balaban J connectivity index is 1.50. The number of nitrogens with one attached hydrogen (secondary N) is 3. The van der Waals surface area contributed by atoms with Crippen LogP contribution in [0.1, 0.15) is 18.4 Å². The van der Waals surface area contributed by atoms with Gasteiger partial charge in [-0.15, -0.1) is 0 Å². The van der Waals surface area contributed by atoms with E-state index >= 15 is 0 Å². The minimum Gasteiger partial charge on any atom is -0.366 e. The highest BCUT2D eigenvalue weighted by Crippen LogP contribution is 2.19. The summed E-state index contributed by atoms with van der Waals surface area (Å²) in [5, 5.41) is 8.85. The summed E-state index contributed by atoms with van der Waals surface area (Å²) < 4.78 is 0. The number of carbonyl (C=O) groups excluding carboxylic acids is 1. The summed E-state index contributed by atoms with van der Waals surface area (Å²) in [7, 11) is 0. The molecule has 6 heteroatoms. The summed E-state index contributed by atoms with van der Waals surface area (Å²) in [6, 6.07) is 7.74. The predicted molar refractivity (Wildman–Crippen MR) is 81.0 cm³/mol. The van der Waals surface area contributed by atoms with Crippen LogP contribution >= 0.6 is 0 Å². The average molecular weight is 283 g/mol. The van der Waals surface area contributed by atoms with E-state index in [4.69, 9.17) is 0 Å². The first kappa shape index (κ1) is 13.4. The summed E-state index contributed by atoms with van der Waals surface area (Å²) in [6.07, 6.45) is 7.31. The molecule has 6 nitrogen and oxygen atoms in total. The van der Waals surface area contributed by atoms with Gasteiger partial charge < -0.3 is 16.0 Å². The molecule has 21 heavy (non-hydrogen) atoms. The molecule has 0 aromatic carbocycles. The van der Waals surface area contributed by atoms with E-state index in [-0.39, 0.29) is 6.03 Å². The smallest absolute Gasteiger partial charge is 0.319 e. The van der Waals surface area contributed by atoms with Crippen LogP contribution in [0.2, 0.25) is 0 Å². The number of amides is 2. The normalized spacial score (nSPS) is 13.5. The Labute approximate surface area is 123 Å². The lowest BCUT2D eigenvalue weighted by Crippen LogP contribution is -2.30. The zero-order valence-corrected chi connectivity index (χ0v) is 11.5. The molecule has 0 saturated heterocycles. The van der Waals surface area contributed by atoms with E-state index in [0.717, 1.165) is 24.2 Å². The van der Waals surface area contributed by atoms with Crippen molar-refractivity contribution in [1.29, 1.82) is 0 Å². The molecule has 3 rings (SSSR count). The zero-order valence-electron chi connectivity index (χ0n) is 11.5. The van der Waals surface area contributed by atoms with Crippen LogP contribution in [0.3, 0.4) is 0 Å². The number of rotatable bonds is 5. The zero-order chi connectivity index (χ0) is 14.5. The fourth-order valence-electron chi connectivity index (χ4n) is 1.85. The number of hydrogen-bond acceptors (Lipinski definition) is 4. The van der Waals surface area contributed by atoms with Gasteiger partial charge in [-0.3, -0.25) is 4.98 Å². The van der Waals surface area contributed by atoms with Gasteiger partial charge in [0.25, 0.3) is 0 Å². The lowest BCUT2D eigenvalue weighted by Gasteiger charge is -2.08. The van der Waals surface area contributed by atoms with Crippen molar-refractivity contribution < 1.29 is 4.79 Å². The minimum atomic E-state index is -0.170. The van der Waals surface area contributed by atoms with Crippen molar-refractivity contribution in [3.05, 3.63) is 48.4 Å². The van der Waals surface area contributed by atoms with Crippen LogP contribution in [0, 0.1) is 0 Å². The molecule has 2 aromatic heterocycles. The lowest BCUT2D eigenvalue weighted by molar-refractivity contribution is 0.251. The number of anilines is 2. The van der Waals surface area contributed by atoms with Gasteiger partial charge in [-0.1, -0.05) is 0 Å². The van der Waals surface area contributed by atoms with Crippen LogP contribution in [-0.4, -0.2) is 22.0 Å². The van der Waals surface area contributed by atoms with Crippen molar-refractivity contribution >= 4 is 17.5 Å². The molecule has 3 N–H and O–H groups in total. The fraction of sp³-hybridized carbons (Fsp3) is 0.267. The third-order valence-corrected chi connectivity index (χ3v) is 3.16. The fourth-order valence-corrected chi connectivity index (χ4v) is 1.85. The minimum absolute atomic E-state index is 0.170. The highest BCUT2D eigenvalue weighted by molar-refractivity contribution is 5.89. The van der Waals surface area contributed by atoms with E-state index in [1.165, 1.54) is 0 Å². The van der Waals surface area contributed by atoms with Gasteiger partial charge >= 0.3 is 6.03 Å². The molecular formula is C15H17N5O. The van der Waals surface area contributed by atoms with Crippen molar-refractivity contribution in [1.82, 2.24) is 15.3 Å². The number of hydrogen-bond donors (Lipinski definition) is 3. The molecule has 1 aliphatic rings. The number of pyridine rings is 2. The second kappa shape index (κ2) is 6.21. The van der Waals surface area contributed by atoms with Gasteiger partial charge in [0, 0.05) is 25.0 Å². The highest BCUT2D eigenvalue weighted by Gasteiger charge is 2.23. The van der Waals surface area contributed by atoms with Crippen molar-refractivity contribution in [3.63, 3.8) is 0 Å². The van der Waals surface area contributed by atoms with Gasteiger partial charge in [0.15, 0.2) is 0 Å². The molecule has 2 heterocycles. The molecule has 0 unspecified atom stereocenters. The van der Waals surface area contributed by atoms with Crippen LogP contribution in [0.4, 0.5) is 16.3 Å². The third-order valence-electron chi connectivity index (χ3n) is 3.16. The average Bonchev–Trinajstić information content (AvgIpc) is 3.31. The van der Waals surface area contributed by atoms with Crippen LogP contribution < -0.4 is 16.0 Å². The van der Waals surface area contributed by atoms with Gasteiger partial charge in [-0.2, -0.15) is 0 Å². The van der Waals surface area contributed by atoms with E-state index in [9.17, 15) is 4.79 Å². The standard InChI is InChI=1S/C15H17N5O/c21-15(19-12-1-2-12)20-13-3-4-14(18-10-13)17-9-11-5-7-16-8-6-11/h3-8,10,12H,1-2,9H2,(H,17,18)(H2,19,20,21). The Bertz CT molecular complexity index is 595. The van der Waals surface area contributed by atoms with Crippen molar-refractivity contribution in [2.75, 3.05) is 10.6 Å².